The van der Waals surface area contributed by atoms with Crippen LogP contribution >= 0.6 is 0 Å². The number of rotatable bonds is 7. The zero-order valence-electron chi connectivity index (χ0n) is 26.2. The summed E-state index contributed by atoms with van der Waals surface area (Å²) in [6, 6.07) is 10.6. The molecule has 4 nitrogen and oxygen atoms in total. The fourth-order valence-corrected chi connectivity index (χ4v) is 12.5. The van der Waals surface area contributed by atoms with Gasteiger partial charge in [-0.05, 0) is 127 Å². The van der Waals surface area contributed by atoms with Crippen molar-refractivity contribution in [1.82, 2.24) is 0 Å². The van der Waals surface area contributed by atoms with Gasteiger partial charge in [0.25, 0.3) is 0 Å². The van der Waals surface area contributed by atoms with E-state index in [9.17, 15) is 15.3 Å². The third-order valence-electron chi connectivity index (χ3n) is 15.0. The number of benzene rings is 1. The molecule has 0 heterocycles. The van der Waals surface area contributed by atoms with E-state index < -0.39 is 11.5 Å². The van der Waals surface area contributed by atoms with Crippen LogP contribution in [-0.4, -0.2) is 41.2 Å². The highest BCUT2D eigenvalue weighted by molar-refractivity contribution is 5.22. The predicted octanol–water partition coefficient (Wildman–Crippen LogP) is 7.17. The van der Waals surface area contributed by atoms with Crippen molar-refractivity contribution in [1.29, 1.82) is 0 Å². The van der Waals surface area contributed by atoms with E-state index in [4.69, 9.17) is 4.74 Å². The Hall–Kier alpha value is -1.20. The summed E-state index contributed by atoms with van der Waals surface area (Å²) < 4.78 is 6.56. The van der Waals surface area contributed by atoms with Gasteiger partial charge in [-0.25, -0.2) is 0 Å². The van der Waals surface area contributed by atoms with Gasteiger partial charge < -0.3 is 20.1 Å². The zero-order chi connectivity index (χ0) is 29.3. The predicted molar refractivity (Wildman–Crippen MR) is 164 cm³/mol. The number of hydrogen-bond donors (Lipinski definition) is 3. The second-order valence-electron chi connectivity index (χ2n) is 16.2. The van der Waals surface area contributed by atoms with Crippen molar-refractivity contribution in [2.75, 3.05) is 19.8 Å². The van der Waals surface area contributed by atoms with Crippen LogP contribution in [0.2, 0.25) is 0 Å². The van der Waals surface area contributed by atoms with Crippen molar-refractivity contribution in [2.24, 2.45) is 56.7 Å². The molecular formula is C37H56O4. The molecule has 0 radical (unpaired) electrons. The molecule has 3 N–H and O–H groups in total. The van der Waals surface area contributed by atoms with E-state index in [1.165, 1.54) is 44.1 Å². The molecular weight excluding hydrogens is 508 g/mol. The van der Waals surface area contributed by atoms with Crippen molar-refractivity contribution in [3.05, 3.63) is 48.0 Å². The molecule has 1 aromatic carbocycles. The van der Waals surface area contributed by atoms with Crippen molar-refractivity contribution in [3.63, 3.8) is 0 Å². The van der Waals surface area contributed by atoms with E-state index in [0.29, 0.717) is 36.2 Å². The summed E-state index contributed by atoms with van der Waals surface area (Å²) in [5, 5.41) is 31.9. The lowest BCUT2D eigenvalue weighted by Gasteiger charge is -2.73. The molecule has 5 fully saturated rings. The van der Waals surface area contributed by atoms with Gasteiger partial charge in [-0.2, -0.15) is 0 Å². The van der Waals surface area contributed by atoms with Crippen molar-refractivity contribution in [2.45, 2.75) is 105 Å². The van der Waals surface area contributed by atoms with E-state index in [0.717, 1.165) is 37.9 Å². The quantitative estimate of drug-likeness (QED) is 0.307. The second-order valence-corrected chi connectivity index (χ2v) is 16.2. The molecule has 0 aliphatic heterocycles. The Labute approximate surface area is 249 Å². The Kier molecular flexibility index (Phi) is 7.62. The van der Waals surface area contributed by atoms with Gasteiger partial charge in [-0.1, -0.05) is 64.6 Å². The Morgan fingerprint density at radius 1 is 0.854 bits per heavy atom. The van der Waals surface area contributed by atoms with Gasteiger partial charge in [0, 0.05) is 5.41 Å². The maximum atomic E-state index is 11.1. The minimum absolute atomic E-state index is 0.0796. The summed E-state index contributed by atoms with van der Waals surface area (Å²) in [4.78, 5) is 0. The first-order valence-electron chi connectivity index (χ1n) is 16.7. The monoisotopic (exact) mass is 564 g/mol. The lowest BCUT2D eigenvalue weighted by Crippen LogP contribution is -2.67. The summed E-state index contributed by atoms with van der Waals surface area (Å²) in [5.41, 5.74) is 2.63. The molecule has 5 saturated carbocycles. The molecule has 4 unspecified atom stereocenters. The van der Waals surface area contributed by atoms with E-state index >= 15 is 0 Å². The minimum Gasteiger partial charge on any atom is -0.396 e. The lowest BCUT2D eigenvalue weighted by molar-refractivity contribution is -0.256. The highest BCUT2D eigenvalue weighted by Gasteiger charge is 2.71. The minimum atomic E-state index is -0.406. The summed E-state index contributed by atoms with van der Waals surface area (Å²) in [6.07, 6.45) is 11.0. The van der Waals surface area contributed by atoms with Crippen LogP contribution in [0.15, 0.2) is 42.5 Å². The molecule has 0 spiro atoms. The second kappa shape index (κ2) is 10.5. The van der Waals surface area contributed by atoms with Gasteiger partial charge in [0.1, 0.15) is 0 Å². The first-order valence-corrected chi connectivity index (χ1v) is 16.7. The van der Waals surface area contributed by atoms with E-state index in [1.54, 1.807) is 0 Å². The van der Waals surface area contributed by atoms with Crippen LogP contribution < -0.4 is 0 Å². The largest absolute Gasteiger partial charge is 0.396 e. The first-order chi connectivity index (χ1) is 19.5. The molecule has 5 aliphatic carbocycles. The van der Waals surface area contributed by atoms with Crippen LogP contribution in [0.3, 0.4) is 0 Å². The number of aliphatic hydroxyl groups excluding tert-OH is 3. The van der Waals surface area contributed by atoms with E-state index in [-0.39, 0.29) is 34.9 Å². The third kappa shape index (κ3) is 4.20. The van der Waals surface area contributed by atoms with Crippen LogP contribution in [0.5, 0.6) is 0 Å². The van der Waals surface area contributed by atoms with Crippen LogP contribution in [0, 0.1) is 56.7 Å². The standard InChI is InChI=1S/C37H56O4/c1-25(21-38)27-13-18-37(24-41-22-26-9-7-6-8-10-26)20-19-35(4)28(32(27)37)11-12-30-33(2)16-15-31(40)34(3,23-39)29(33)14-17-36(30,35)5/h6-10,27-32,38-40H,1,11-24H2,2-5H3/t27-,28?,29+,30?,31?,32?,33-,34-,35+,36+,37+/m0/s1. The summed E-state index contributed by atoms with van der Waals surface area (Å²) in [6.45, 7) is 16.0. The number of ether oxygens (including phenoxy) is 1. The van der Waals surface area contributed by atoms with Crippen molar-refractivity contribution >= 4 is 0 Å². The van der Waals surface area contributed by atoms with Crippen molar-refractivity contribution in [3.8, 4) is 0 Å². The van der Waals surface area contributed by atoms with Gasteiger partial charge in [0.15, 0.2) is 0 Å². The molecule has 5 aliphatic rings. The fourth-order valence-electron chi connectivity index (χ4n) is 12.5. The molecule has 228 valence electrons. The average Bonchev–Trinajstić information content (AvgIpc) is 3.35. The third-order valence-corrected chi connectivity index (χ3v) is 15.0. The molecule has 0 bridgehead atoms. The molecule has 0 aromatic heterocycles. The van der Waals surface area contributed by atoms with Crippen molar-refractivity contribution < 1.29 is 20.1 Å². The van der Waals surface area contributed by atoms with Crippen LogP contribution in [0.4, 0.5) is 0 Å². The smallest absolute Gasteiger partial charge is 0.0717 e. The van der Waals surface area contributed by atoms with Gasteiger partial charge in [-0.3, -0.25) is 0 Å². The fraction of sp³-hybridized carbons (Fsp3) is 0.784. The normalized spacial score (nSPS) is 49.0. The highest BCUT2D eigenvalue weighted by Crippen LogP contribution is 2.77. The first kappa shape index (κ1) is 29.9. The molecule has 11 atom stereocenters. The topological polar surface area (TPSA) is 69.9 Å². The Morgan fingerprint density at radius 3 is 2.32 bits per heavy atom. The van der Waals surface area contributed by atoms with Crippen LogP contribution in [-0.2, 0) is 11.3 Å². The Morgan fingerprint density at radius 2 is 1.61 bits per heavy atom. The number of fused-ring (bicyclic) bond motifs is 7. The van der Waals surface area contributed by atoms with Crippen LogP contribution in [0.1, 0.15) is 97.5 Å². The van der Waals surface area contributed by atoms with E-state index in [2.05, 4.69) is 64.6 Å². The van der Waals surface area contributed by atoms with Gasteiger partial charge >= 0.3 is 0 Å². The molecule has 0 amide bonds. The van der Waals surface area contributed by atoms with Gasteiger partial charge in [-0.15, -0.1) is 0 Å². The highest BCUT2D eigenvalue weighted by atomic mass is 16.5. The zero-order valence-corrected chi connectivity index (χ0v) is 26.2. The summed E-state index contributed by atoms with van der Waals surface area (Å²) in [7, 11) is 0. The average molecular weight is 565 g/mol. The van der Waals surface area contributed by atoms with Gasteiger partial charge in [0.2, 0.25) is 0 Å². The van der Waals surface area contributed by atoms with Crippen LogP contribution in [0.25, 0.3) is 0 Å². The molecule has 0 saturated heterocycles. The maximum absolute atomic E-state index is 11.1. The molecule has 4 heteroatoms. The Bertz CT molecular complexity index is 1120. The summed E-state index contributed by atoms with van der Waals surface area (Å²) >= 11 is 0. The molecule has 1 aromatic rings. The lowest BCUT2D eigenvalue weighted by atomic mass is 9.32. The van der Waals surface area contributed by atoms with Gasteiger partial charge in [0.05, 0.1) is 32.5 Å². The molecule has 41 heavy (non-hydrogen) atoms. The SMILES string of the molecule is C=C(CO)[C@@H]1CC[C@]2(COCc3ccccc3)CC[C@]3(C)C(CCC4[C@@]5(C)CCC(O)[C@@](C)(CO)[C@@H]5CC[C@]43C)C12. The number of aliphatic hydroxyl groups is 3. The maximum Gasteiger partial charge on any atom is 0.0717 e. The Balaban J connectivity index is 1.32. The summed E-state index contributed by atoms with van der Waals surface area (Å²) in [5.74, 6) is 2.46. The molecule has 6 rings (SSSR count). The number of hydrogen-bond acceptors (Lipinski definition) is 4. The van der Waals surface area contributed by atoms with E-state index in [1.807, 2.05) is 0 Å².